The van der Waals surface area contributed by atoms with E-state index < -0.39 is 11.4 Å². The van der Waals surface area contributed by atoms with Gasteiger partial charge in [0.1, 0.15) is 11.4 Å². The van der Waals surface area contributed by atoms with E-state index in [9.17, 15) is 18.4 Å². The highest BCUT2D eigenvalue weighted by Crippen LogP contribution is 2.31. The van der Waals surface area contributed by atoms with Crippen molar-refractivity contribution in [3.8, 4) is 5.69 Å². The molecule has 1 aromatic heterocycles. The summed E-state index contributed by atoms with van der Waals surface area (Å²) in [5.41, 5.74) is 6.26. The summed E-state index contributed by atoms with van der Waals surface area (Å²) in [4.78, 5) is 27.8. The van der Waals surface area contributed by atoms with Crippen LogP contribution >= 0.6 is 0 Å². The maximum absolute atomic E-state index is 13.8. The molecule has 1 saturated carbocycles. The first-order valence-electron chi connectivity index (χ1n) is 8.95. The second-order valence-electron chi connectivity index (χ2n) is 6.93. The van der Waals surface area contributed by atoms with Crippen LogP contribution in [0.15, 0.2) is 41.0 Å². The summed E-state index contributed by atoms with van der Waals surface area (Å²) in [6, 6.07) is 5.75. The minimum absolute atomic E-state index is 0.0186. The fourth-order valence-corrected chi connectivity index (χ4v) is 3.63. The predicted molar refractivity (Wildman–Crippen MR) is 96.0 cm³/mol. The average molecular weight is 374 g/mol. The van der Waals surface area contributed by atoms with Gasteiger partial charge in [0, 0.05) is 25.6 Å². The molecular formula is C19H20F2N4O2. The molecule has 142 valence electrons. The molecule has 0 atom stereocenters. The second kappa shape index (κ2) is 6.77. The predicted octanol–water partition coefficient (Wildman–Crippen LogP) is 1.75. The number of halogens is 2. The first kappa shape index (κ1) is 17.7. The van der Waals surface area contributed by atoms with Gasteiger partial charge in [-0.1, -0.05) is 6.07 Å². The number of aromatic nitrogens is 2. The largest absolute Gasteiger partial charge is 0.335 e. The van der Waals surface area contributed by atoms with Crippen molar-refractivity contribution in [3.05, 3.63) is 63.6 Å². The smallest absolute Gasteiger partial charge is 0.284 e. The molecule has 2 heterocycles. The fourth-order valence-electron chi connectivity index (χ4n) is 3.63. The molecular weight excluding hydrogens is 354 g/mol. The number of hydrogen-bond donors (Lipinski definition) is 1. The molecule has 1 aliphatic heterocycles. The number of nitrogens with two attached hydrogens (primary N) is 1. The zero-order chi connectivity index (χ0) is 19.1. The number of hydrogen-bond acceptors (Lipinski definition) is 3. The molecule has 8 heteroatoms. The molecule has 1 fully saturated rings. The van der Waals surface area contributed by atoms with Crippen molar-refractivity contribution in [2.45, 2.75) is 31.8 Å². The topological polar surface area (TPSA) is 73.3 Å². The molecule has 0 spiro atoms. The lowest BCUT2D eigenvalue weighted by molar-refractivity contribution is 0.0724. The Labute approximate surface area is 154 Å². The average Bonchev–Trinajstić information content (AvgIpc) is 3.45. The van der Waals surface area contributed by atoms with Gasteiger partial charge in [0.05, 0.1) is 24.3 Å². The Morgan fingerprint density at radius 2 is 2.07 bits per heavy atom. The van der Waals surface area contributed by atoms with Crippen molar-refractivity contribution in [2.24, 2.45) is 5.73 Å². The normalized spacial score (nSPS) is 17.4. The van der Waals surface area contributed by atoms with Crippen LogP contribution in [0.2, 0.25) is 0 Å². The SMILES string of the molecule is NCC(=CF)Cn1c2c(c(=O)n1-c1cccc(F)c1)C(=O)N(C1CC1)CC2. The van der Waals surface area contributed by atoms with E-state index in [-0.39, 0.29) is 41.9 Å². The summed E-state index contributed by atoms with van der Waals surface area (Å²) in [6.07, 6.45) is 2.79. The van der Waals surface area contributed by atoms with Crippen LogP contribution in [0.1, 0.15) is 28.9 Å². The first-order valence-corrected chi connectivity index (χ1v) is 8.95. The zero-order valence-electron chi connectivity index (χ0n) is 14.7. The molecule has 0 bridgehead atoms. The molecule has 2 N–H and O–H groups in total. The van der Waals surface area contributed by atoms with Crippen LogP contribution in [-0.2, 0) is 13.0 Å². The van der Waals surface area contributed by atoms with Crippen LogP contribution in [0.25, 0.3) is 5.69 Å². The maximum atomic E-state index is 13.8. The van der Waals surface area contributed by atoms with E-state index >= 15 is 0 Å². The Morgan fingerprint density at radius 3 is 2.70 bits per heavy atom. The molecule has 27 heavy (non-hydrogen) atoms. The van der Waals surface area contributed by atoms with E-state index in [0.29, 0.717) is 25.0 Å². The highest BCUT2D eigenvalue weighted by molar-refractivity contribution is 5.96. The number of fused-ring (bicyclic) bond motifs is 1. The van der Waals surface area contributed by atoms with Gasteiger partial charge in [0.25, 0.3) is 11.5 Å². The number of amides is 1. The number of nitrogens with zero attached hydrogens (tertiary/aromatic N) is 3. The Balaban J connectivity index is 1.90. The third-order valence-corrected chi connectivity index (χ3v) is 5.12. The van der Waals surface area contributed by atoms with Crippen molar-refractivity contribution in [2.75, 3.05) is 13.1 Å². The molecule has 6 nitrogen and oxygen atoms in total. The quantitative estimate of drug-likeness (QED) is 0.867. The van der Waals surface area contributed by atoms with Crippen LogP contribution in [0.3, 0.4) is 0 Å². The van der Waals surface area contributed by atoms with E-state index in [1.54, 1.807) is 15.6 Å². The Hall–Kier alpha value is -2.74. The van der Waals surface area contributed by atoms with E-state index in [1.807, 2.05) is 0 Å². The van der Waals surface area contributed by atoms with Crippen molar-refractivity contribution in [1.29, 1.82) is 0 Å². The van der Waals surface area contributed by atoms with Gasteiger partial charge in [-0.2, -0.15) is 0 Å². The highest BCUT2D eigenvalue weighted by atomic mass is 19.1. The van der Waals surface area contributed by atoms with E-state index in [1.165, 1.54) is 22.9 Å². The van der Waals surface area contributed by atoms with Gasteiger partial charge in [-0.3, -0.25) is 14.3 Å². The van der Waals surface area contributed by atoms with E-state index in [4.69, 9.17) is 5.73 Å². The van der Waals surface area contributed by atoms with Crippen LogP contribution in [-0.4, -0.2) is 39.3 Å². The van der Waals surface area contributed by atoms with Gasteiger partial charge in [0.15, 0.2) is 0 Å². The summed E-state index contributed by atoms with van der Waals surface area (Å²) < 4.78 is 29.7. The van der Waals surface area contributed by atoms with Crippen molar-refractivity contribution in [3.63, 3.8) is 0 Å². The molecule has 1 aliphatic carbocycles. The molecule has 0 unspecified atom stereocenters. The summed E-state index contributed by atoms with van der Waals surface area (Å²) in [5.74, 6) is -0.803. The zero-order valence-corrected chi connectivity index (χ0v) is 14.7. The van der Waals surface area contributed by atoms with Crippen molar-refractivity contribution < 1.29 is 13.6 Å². The molecule has 2 aliphatic rings. The number of rotatable bonds is 5. The van der Waals surface area contributed by atoms with E-state index in [2.05, 4.69) is 0 Å². The summed E-state index contributed by atoms with van der Waals surface area (Å²) in [6.45, 7) is 0.508. The van der Waals surface area contributed by atoms with Gasteiger partial charge in [0.2, 0.25) is 0 Å². The van der Waals surface area contributed by atoms with Gasteiger partial charge in [-0.05, 0) is 36.6 Å². The molecule has 4 rings (SSSR count). The highest BCUT2D eigenvalue weighted by Gasteiger charge is 2.40. The standard InChI is InChI=1S/C19H20F2N4O2/c20-9-12(10-22)11-24-16-6-7-23(14-4-5-14)18(26)17(16)19(27)25(24)15-3-1-2-13(21)8-15/h1-3,8-9,14H,4-7,10-11,22H2. The lowest BCUT2D eigenvalue weighted by atomic mass is 10.1. The van der Waals surface area contributed by atoms with E-state index in [0.717, 1.165) is 12.8 Å². The maximum Gasteiger partial charge on any atom is 0.284 e. The van der Waals surface area contributed by atoms with Gasteiger partial charge in [-0.15, -0.1) is 0 Å². The van der Waals surface area contributed by atoms with Crippen LogP contribution in [0, 0.1) is 5.82 Å². The van der Waals surface area contributed by atoms with Gasteiger partial charge < -0.3 is 10.6 Å². The number of carbonyl (C=O) groups is 1. The Morgan fingerprint density at radius 1 is 1.30 bits per heavy atom. The third-order valence-electron chi connectivity index (χ3n) is 5.12. The molecule has 2 aromatic rings. The number of benzene rings is 1. The summed E-state index contributed by atoms with van der Waals surface area (Å²) >= 11 is 0. The minimum atomic E-state index is -0.513. The monoisotopic (exact) mass is 374 g/mol. The third kappa shape index (κ3) is 2.99. The fraction of sp³-hybridized carbons (Fsp3) is 0.368. The lowest BCUT2D eigenvalue weighted by Crippen LogP contribution is -2.41. The first-order chi connectivity index (χ1) is 13.0. The molecule has 0 saturated heterocycles. The summed E-state index contributed by atoms with van der Waals surface area (Å²) in [7, 11) is 0. The van der Waals surface area contributed by atoms with Crippen LogP contribution < -0.4 is 11.3 Å². The molecule has 1 aromatic carbocycles. The van der Waals surface area contributed by atoms with Gasteiger partial charge >= 0.3 is 0 Å². The van der Waals surface area contributed by atoms with Crippen LogP contribution in [0.4, 0.5) is 8.78 Å². The van der Waals surface area contributed by atoms with Gasteiger partial charge in [-0.25, -0.2) is 13.5 Å². The number of carbonyl (C=O) groups excluding carboxylic acids is 1. The lowest BCUT2D eigenvalue weighted by Gasteiger charge is -2.27. The molecule has 1 amide bonds. The second-order valence-corrected chi connectivity index (χ2v) is 6.93. The summed E-state index contributed by atoms with van der Waals surface area (Å²) in [5, 5.41) is 0. The van der Waals surface area contributed by atoms with Crippen molar-refractivity contribution in [1.82, 2.24) is 14.3 Å². The van der Waals surface area contributed by atoms with Crippen molar-refractivity contribution >= 4 is 5.91 Å². The Bertz CT molecular complexity index is 988. The van der Waals surface area contributed by atoms with Crippen LogP contribution in [0.5, 0.6) is 0 Å². The Kier molecular flexibility index (Phi) is 4.43. The minimum Gasteiger partial charge on any atom is -0.335 e. The molecule has 0 radical (unpaired) electrons.